The molecular weight excluding hydrogens is 279 g/mol. The Labute approximate surface area is 99.0 Å². The van der Waals surface area contributed by atoms with Crippen LogP contribution < -0.4 is 4.74 Å². The molecule has 0 atom stereocenters. The Hall–Kier alpha value is -1.62. The summed E-state index contributed by atoms with van der Waals surface area (Å²) in [5.74, 6) is -0.673. The van der Waals surface area contributed by atoms with E-state index >= 15 is 0 Å². The van der Waals surface area contributed by atoms with E-state index in [2.05, 4.69) is 15.9 Å². The largest absolute Gasteiger partial charge is 0.442 e. The summed E-state index contributed by atoms with van der Waals surface area (Å²) >= 11 is 3.07. The molecule has 0 unspecified atom stereocenters. The minimum absolute atomic E-state index is 0.0798. The van der Waals surface area contributed by atoms with Gasteiger partial charge < -0.3 is 9.15 Å². The van der Waals surface area contributed by atoms with E-state index in [9.17, 15) is 9.18 Å². The van der Waals surface area contributed by atoms with Gasteiger partial charge in [-0.05, 0) is 52.3 Å². The van der Waals surface area contributed by atoms with Gasteiger partial charge in [-0.3, -0.25) is 0 Å². The predicted octanol–water partition coefficient (Wildman–Crippen LogP) is 3.40. The number of furan rings is 1. The fraction of sp³-hybridized carbons (Fsp3) is 0. The van der Waals surface area contributed by atoms with Crippen LogP contribution in [0.3, 0.4) is 0 Å². The third-order valence-corrected chi connectivity index (χ3v) is 2.22. The highest BCUT2D eigenvalue weighted by atomic mass is 79.9. The Morgan fingerprint density at radius 2 is 1.88 bits per heavy atom. The van der Waals surface area contributed by atoms with Gasteiger partial charge in [0.05, 0.1) is 0 Å². The molecule has 0 aliphatic heterocycles. The molecule has 16 heavy (non-hydrogen) atoms. The fourth-order valence-corrected chi connectivity index (χ4v) is 1.39. The summed E-state index contributed by atoms with van der Waals surface area (Å²) in [7, 11) is 0. The normalized spacial score (nSPS) is 10.1. The van der Waals surface area contributed by atoms with Crippen molar-refractivity contribution >= 4 is 21.9 Å². The predicted molar refractivity (Wildman–Crippen MR) is 57.8 cm³/mol. The van der Waals surface area contributed by atoms with E-state index in [4.69, 9.17) is 9.15 Å². The topological polar surface area (TPSA) is 39.4 Å². The molecule has 1 heterocycles. The zero-order valence-corrected chi connectivity index (χ0v) is 9.53. The molecule has 0 saturated heterocycles. The third kappa shape index (κ3) is 2.49. The molecule has 1 aromatic heterocycles. The molecule has 5 heteroatoms. The molecule has 2 aromatic rings. The van der Waals surface area contributed by atoms with Gasteiger partial charge in [-0.15, -0.1) is 0 Å². The van der Waals surface area contributed by atoms with E-state index in [-0.39, 0.29) is 17.3 Å². The van der Waals surface area contributed by atoms with Crippen LogP contribution in [-0.2, 0) is 0 Å². The van der Waals surface area contributed by atoms with Gasteiger partial charge in [0.15, 0.2) is 4.67 Å². The Balaban J connectivity index is 2.10. The van der Waals surface area contributed by atoms with Crippen molar-refractivity contribution in [2.75, 3.05) is 0 Å². The Kier molecular flexibility index (Phi) is 3.05. The molecule has 0 saturated carbocycles. The van der Waals surface area contributed by atoms with Gasteiger partial charge in [0, 0.05) is 0 Å². The molecule has 0 aliphatic carbocycles. The molecule has 3 nitrogen and oxygen atoms in total. The van der Waals surface area contributed by atoms with Crippen LogP contribution in [0, 0.1) is 5.82 Å². The minimum atomic E-state index is -0.627. The van der Waals surface area contributed by atoms with Gasteiger partial charge in [0.2, 0.25) is 5.76 Å². The highest BCUT2D eigenvalue weighted by molar-refractivity contribution is 9.10. The van der Waals surface area contributed by atoms with Crippen LogP contribution in [0.2, 0.25) is 0 Å². The average molecular weight is 285 g/mol. The molecule has 0 bridgehead atoms. The van der Waals surface area contributed by atoms with E-state index in [1.54, 1.807) is 6.07 Å². The Bertz CT molecular complexity index is 504. The van der Waals surface area contributed by atoms with Gasteiger partial charge in [0.25, 0.3) is 0 Å². The molecule has 0 N–H and O–H groups in total. The maximum Gasteiger partial charge on any atom is 0.379 e. The molecule has 0 fully saturated rings. The molecule has 0 radical (unpaired) electrons. The standard InChI is InChI=1S/C11H6BrFO3/c12-10-6-5-9(16-10)11(14)15-8-3-1-7(13)2-4-8/h1-6H. The third-order valence-electron chi connectivity index (χ3n) is 1.80. The Morgan fingerprint density at radius 1 is 1.19 bits per heavy atom. The first-order valence-corrected chi connectivity index (χ1v) is 5.17. The van der Waals surface area contributed by atoms with Gasteiger partial charge in [-0.1, -0.05) is 0 Å². The van der Waals surface area contributed by atoms with Crippen LogP contribution in [0.5, 0.6) is 5.75 Å². The van der Waals surface area contributed by atoms with Crippen molar-refractivity contribution in [1.82, 2.24) is 0 Å². The first kappa shape index (κ1) is 10.9. The summed E-state index contributed by atoms with van der Waals surface area (Å²) in [5.41, 5.74) is 0. The zero-order chi connectivity index (χ0) is 11.5. The fourth-order valence-electron chi connectivity index (χ4n) is 1.08. The number of halogens is 2. The molecule has 2 rings (SSSR count). The van der Waals surface area contributed by atoms with Crippen molar-refractivity contribution in [2.45, 2.75) is 0 Å². The van der Waals surface area contributed by atoms with Crippen LogP contribution in [0.1, 0.15) is 10.6 Å². The van der Waals surface area contributed by atoms with Crippen molar-refractivity contribution in [3.63, 3.8) is 0 Å². The highest BCUT2D eigenvalue weighted by Gasteiger charge is 2.12. The SMILES string of the molecule is O=C(Oc1ccc(F)cc1)c1ccc(Br)o1. The monoisotopic (exact) mass is 284 g/mol. The second-order valence-corrected chi connectivity index (χ2v) is 3.73. The van der Waals surface area contributed by atoms with Crippen molar-refractivity contribution < 1.29 is 18.3 Å². The van der Waals surface area contributed by atoms with Crippen molar-refractivity contribution in [3.05, 3.63) is 52.6 Å². The number of hydrogen-bond donors (Lipinski definition) is 0. The second-order valence-electron chi connectivity index (χ2n) is 2.95. The van der Waals surface area contributed by atoms with Gasteiger partial charge in [0.1, 0.15) is 11.6 Å². The van der Waals surface area contributed by atoms with Crippen LogP contribution in [-0.4, -0.2) is 5.97 Å². The maximum atomic E-state index is 12.6. The van der Waals surface area contributed by atoms with Gasteiger partial charge >= 0.3 is 5.97 Å². The van der Waals surface area contributed by atoms with E-state index in [0.717, 1.165) is 0 Å². The number of carbonyl (C=O) groups is 1. The van der Waals surface area contributed by atoms with Crippen LogP contribution >= 0.6 is 15.9 Å². The number of ether oxygens (including phenoxy) is 1. The van der Waals surface area contributed by atoms with Gasteiger partial charge in [-0.2, -0.15) is 0 Å². The first-order chi connectivity index (χ1) is 7.65. The maximum absolute atomic E-state index is 12.6. The summed E-state index contributed by atoms with van der Waals surface area (Å²) < 4.78 is 23.0. The number of hydrogen-bond acceptors (Lipinski definition) is 3. The quantitative estimate of drug-likeness (QED) is 0.627. The summed E-state index contributed by atoms with van der Waals surface area (Å²) in [6.07, 6.45) is 0. The lowest BCUT2D eigenvalue weighted by Crippen LogP contribution is -2.06. The molecule has 82 valence electrons. The second kappa shape index (κ2) is 4.49. The van der Waals surface area contributed by atoms with E-state index in [1.165, 1.54) is 30.3 Å². The summed E-state index contributed by atoms with van der Waals surface area (Å²) in [5, 5.41) is 0. The summed E-state index contributed by atoms with van der Waals surface area (Å²) in [6, 6.07) is 8.22. The highest BCUT2D eigenvalue weighted by Crippen LogP contribution is 2.17. The summed E-state index contributed by atoms with van der Waals surface area (Å²) in [6.45, 7) is 0. The summed E-state index contributed by atoms with van der Waals surface area (Å²) in [4.78, 5) is 11.5. The number of esters is 1. The first-order valence-electron chi connectivity index (χ1n) is 4.38. The number of carbonyl (C=O) groups excluding carboxylic acids is 1. The Morgan fingerprint density at radius 3 is 2.44 bits per heavy atom. The lowest BCUT2D eigenvalue weighted by Gasteiger charge is -2.01. The molecule has 1 aromatic carbocycles. The molecule has 0 aliphatic rings. The number of rotatable bonds is 2. The smallest absolute Gasteiger partial charge is 0.379 e. The van der Waals surface area contributed by atoms with Gasteiger partial charge in [-0.25, -0.2) is 9.18 Å². The van der Waals surface area contributed by atoms with E-state index in [0.29, 0.717) is 4.67 Å². The lowest BCUT2D eigenvalue weighted by atomic mass is 10.3. The lowest BCUT2D eigenvalue weighted by molar-refractivity contribution is 0.0700. The van der Waals surface area contributed by atoms with E-state index < -0.39 is 5.97 Å². The van der Waals surface area contributed by atoms with Crippen LogP contribution in [0.4, 0.5) is 4.39 Å². The van der Waals surface area contributed by atoms with E-state index in [1.807, 2.05) is 0 Å². The van der Waals surface area contributed by atoms with Crippen LogP contribution in [0.15, 0.2) is 45.5 Å². The zero-order valence-electron chi connectivity index (χ0n) is 7.94. The number of benzene rings is 1. The average Bonchev–Trinajstić information content (AvgIpc) is 2.68. The molecule has 0 spiro atoms. The molecule has 0 amide bonds. The van der Waals surface area contributed by atoms with Crippen LogP contribution in [0.25, 0.3) is 0 Å². The molecular formula is C11H6BrFO3. The minimum Gasteiger partial charge on any atom is -0.442 e. The van der Waals surface area contributed by atoms with Crippen molar-refractivity contribution in [1.29, 1.82) is 0 Å². The van der Waals surface area contributed by atoms with Crippen molar-refractivity contribution in [2.24, 2.45) is 0 Å². The van der Waals surface area contributed by atoms with Crippen molar-refractivity contribution in [3.8, 4) is 5.75 Å².